The highest BCUT2D eigenvalue weighted by Crippen LogP contribution is 2.25. The lowest BCUT2D eigenvalue weighted by atomic mass is 10.1. The molecule has 0 spiro atoms. The summed E-state index contributed by atoms with van der Waals surface area (Å²) in [4.78, 5) is 12.5. The van der Waals surface area contributed by atoms with Gasteiger partial charge in [-0.05, 0) is 72.7 Å². The van der Waals surface area contributed by atoms with Crippen molar-refractivity contribution in [1.29, 1.82) is 5.26 Å². The normalized spacial score (nSPS) is 11.6. The molecule has 3 rings (SSSR count). The highest BCUT2D eigenvalue weighted by Gasteiger charge is 2.19. The van der Waals surface area contributed by atoms with Crippen LogP contribution in [0.25, 0.3) is 5.69 Å². The number of anilines is 1. The van der Waals surface area contributed by atoms with Crippen molar-refractivity contribution in [2.45, 2.75) is 31.2 Å². The summed E-state index contributed by atoms with van der Waals surface area (Å²) in [6, 6.07) is 14.8. The summed E-state index contributed by atoms with van der Waals surface area (Å²) < 4.78 is 1.62. The maximum absolute atomic E-state index is 12.5. The molecule has 1 N–H and O–H groups in total. The number of nitrogens with zero attached hydrogens (tertiary/aromatic N) is 5. The Morgan fingerprint density at radius 1 is 1.22 bits per heavy atom. The zero-order valence-electron chi connectivity index (χ0n) is 15.2. The monoisotopic (exact) mass is 378 g/mol. The molecule has 1 amide bonds. The van der Waals surface area contributed by atoms with Gasteiger partial charge >= 0.3 is 0 Å². The third-order valence-corrected chi connectivity index (χ3v) is 5.12. The van der Waals surface area contributed by atoms with Crippen molar-refractivity contribution in [3.63, 3.8) is 0 Å². The number of aromatic nitrogens is 4. The molecule has 0 saturated carbocycles. The maximum Gasteiger partial charge on any atom is 0.237 e. The minimum absolute atomic E-state index is 0.190. The smallest absolute Gasteiger partial charge is 0.237 e. The van der Waals surface area contributed by atoms with Crippen molar-refractivity contribution in [3.05, 3.63) is 59.2 Å². The summed E-state index contributed by atoms with van der Waals surface area (Å²) in [5, 5.41) is 23.7. The molecule has 0 saturated heterocycles. The van der Waals surface area contributed by atoms with E-state index in [4.69, 9.17) is 5.26 Å². The molecule has 2 aromatic carbocycles. The molecule has 1 unspecified atom stereocenters. The van der Waals surface area contributed by atoms with Gasteiger partial charge in [0.1, 0.15) is 0 Å². The van der Waals surface area contributed by atoms with E-state index in [1.54, 1.807) is 35.9 Å². The van der Waals surface area contributed by atoms with Crippen LogP contribution in [0.4, 0.5) is 5.69 Å². The van der Waals surface area contributed by atoms with Gasteiger partial charge in [0.15, 0.2) is 0 Å². The number of hydrogen-bond acceptors (Lipinski definition) is 6. The van der Waals surface area contributed by atoms with Gasteiger partial charge in [-0.25, -0.2) is 0 Å². The molecule has 0 aliphatic rings. The fourth-order valence-corrected chi connectivity index (χ4v) is 3.20. The predicted molar refractivity (Wildman–Crippen MR) is 104 cm³/mol. The highest BCUT2D eigenvalue weighted by atomic mass is 32.2. The average Bonchev–Trinajstić information content (AvgIpc) is 3.12. The number of carbonyl (C=O) groups excluding carboxylic acids is 1. The Labute approximate surface area is 161 Å². The summed E-state index contributed by atoms with van der Waals surface area (Å²) in [6.07, 6.45) is 0. The van der Waals surface area contributed by atoms with Gasteiger partial charge in [0.05, 0.1) is 22.6 Å². The molecule has 1 aromatic heterocycles. The Kier molecular flexibility index (Phi) is 5.52. The largest absolute Gasteiger partial charge is 0.325 e. The summed E-state index contributed by atoms with van der Waals surface area (Å²) in [5.41, 5.74) is 4.25. The molecule has 136 valence electrons. The average molecular weight is 378 g/mol. The molecule has 0 aliphatic heterocycles. The first-order valence-electron chi connectivity index (χ1n) is 8.31. The number of rotatable bonds is 5. The number of benzene rings is 2. The van der Waals surface area contributed by atoms with Gasteiger partial charge in [0, 0.05) is 5.69 Å². The quantitative estimate of drug-likeness (QED) is 0.685. The van der Waals surface area contributed by atoms with Crippen LogP contribution in [0, 0.1) is 25.2 Å². The van der Waals surface area contributed by atoms with Crippen molar-refractivity contribution in [2.75, 3.05) is 5.32 Å². The zero-order chi connectivity index (χ0) is 19.4. The number of nitrogens with one attached hydrogen (secondary N) is 1. The lowest BCUT2D eigenvalue weighted by molar-refractivity contribution is -0.115. The van der Waals surface area contributed by atoms with Crippen molar-refractivity contribution in [3.8, 4) is 11.8 Å². The Bertz CT molecular complexity index is 1020. The van der Waals surface area contributed by atoms with Gasteiger partial charge < -0.3 is 5.32 Å². The topological polar surface area (TPSA) is 96.5 Å². The van der Waals surface area contributed by atoms with E-state index in [0.717, 1.165) is 11.3 Å². The number of tetrazole rings is 1. The van der Waals surface area contributed by atoms with Gasteiger partial charge in [-0.15, -0.1) is 5.10 Å². The summed E-state index contributed by atoms with van der Waals surface area (Å²) in [7, 11) is 0. The second-order valence-corrected chi connectivity index (χ2v) is 7.39. The Balaban J connectivity index is 1.73. The van der Waals surface area contributed by atoms with Crippen molar-refractivity contribution < 1.29 is 4.79 Å². The molecule has 7 nitrogen and oxygen atoms in total. The number of hydrogen-bond donors (Lipinski definition) is 1. The van der Waals surface area contributed by atoms with Crippen LogP contribution in [0.2, 0.25) is 0 Å². The number of aryl methyl sites for hydroxylation is 2. The van der Waals surface area contributed by atoms with Crippen LogP contribution in [-0.2, 0) is 4.79 Å². The first kappa shape index (κ1) is 18.6. The van der Waals surface area contributed by atoms with E-state index in [9.17, 15) is 4.79 Å². The van der Waals surface area contributed by atoms with Crippen LogP contribution >= 0.6 is 11.8 Å². The van der Waals surface area contributed by atoms with Crippen molar-refractivity contribution in [1.82, 2.24) is 20.2 Å². The van der Waals surface area contributed by atoms with Crippen LogP contribution in [0.5, 0.6) is 0 Å². The van der Waals surface area contributed by atoms with E-state index in [1.807, 2.05) is 32.0 Å². The second kappa shape index (κ2) is 8.01. The fourth-order valence-electron chi connectivity index (χ4n) is 2.39. The third kappa shape index (κ3) is 4.33. The van der Waals surface area contributed by atoms with Crippen molar-refractivity contribution in [2.24, 2.45) is 0 Å². The van der Waals surface area contributed by atoms with E-state index < -0.39 is 5.25 Å². The molecule has 27 heavy (non-hydrogen) atoms. The summed E-state index contributed by atoms with van der Waals surface area (Å²) in [6.45, 7) is 5.86. The molecule has 1 heterocycles. The van der Waals surface area contributed by atoms with E-state index in [0.29, 0.717) is 16.4 Å². The van der Waals surface area contributed by atoms with E-state index in [2.05, 4.69) is 26.9 Å². The SMILES string of the molecule is Cc1ccc(-n2nnnc2SC(C)C(=O)Nc2cccc(C#N)c2)cc1C. The molecule has 0 radical (unpaired) electrons. The number of thioether (sulfide) groups is 1. The lowest BCUT2D eigenvalue weighted by Gasteiger charge is -2.12. The Morgan fingerprint density at radius 3 is 2.78 bits per heavy atom. The Morgan fingerprint density at radius 2 is 2.04 bits per heavy atom. The predicted octanol–water partition coefficient (Wildman–Crippen LogP) is 3.27. The number of carbonyl (C=O) groups is 1. The molecule has 0 fully saturated rings. The molecule has 0 bridgehead atoms. The molecular formula is C19H18N6OS. The molecule has 8 heteroatoms. The number of nitriles is 1. The standard InChI is InChI=1S/C19H18N6OS/c1-12-7-8-17(9-13(12)2)25-19(22-23-24-25)27-14(3)18(26)21-16-6-4-5-15(10-16)11-20/h4-10,14H,1-3H3,(H,21,26). The Hall–Kier alpha value is -3.18. The van der Waals surface area contributed by atoms with E-state index >= 15 is 0 Å². The van der Waals surface area contributed by atoms with Gasteiger partial charge in [-0.1, -0.05) is 23.9 Å². The van der Waals surface area contributed by atoms with Gasteiger partial charge in [-0.3, -0.25) is 4.79 Å². The van der Waals surface area contributed by atoms with Crippen molar-refractivity contribution >= 4 is 23.4 Å². The molecule has 1 atom stereocenters. The highest BCUT2D eigenvalue weighted by molar-refractivity contribution is 8.00. The molecule has 0 aliphatic carbocycles. The van der Waals surface area contributed by atoms with Crippen LogP contribution < -0.4 is 5.32 Å². The van der Waals surface area contributed by atoms with Crippen LogP contribution in [0.15, 0.2) is 47.6 Å². The van der Waals surface area contributed by atoms with Gasteiger partial charge in [-0.2, -0.15) is 9.94 Å². The first-order chi connectivity index (χ1) is 13.0. The van der Waals surface area contributed by atoms with E-state index in [-0.39, 0.29) is 5.91 Å². The first-order valence-corrected chi connectivity index (χ1v) is 9.19. The van der Waals surface area contributed by atoms with E-state index in [1.165, 1.54) is 17.3 Å². The van der Waals surface area contributed by atoms with Crippen LogP contribution in [0.1, 0.15) is 23.6 Å². The minimum atomic E-state index is -0.424. The fraction of sp³-hybridized carbons (Fsp3) is 0.211. The van der Waals surface area contributed by atoms with Gasteiger partial charge in [0.25, 0.3) is 0 Å². The number of amides is 1. The summed E-state index contributed by atoms with van der Waals surface area (Å²) >= 11 is 1.27. The summed E-state index contributed by atoms with van der Waals surface area (Å²) in [5.74, 6) is -0.190. The third-order valence-electron chi connectivity index (χ3n) is 4.09. The minimum Gasteiger partial charge on any atom is -0.325 e. The van der Waals surface area contributed by atoms with Crippen LogP contribution in [-0.4, -0.2) is 31.4 Å². The zero-order valence-corrected chi connectivity index (χ0v) is 16.0. The second-order valence-electron chi connectivity index (χ2n) is 6.08. The lowest BCUT2D eigenvalue weighted by Crippen LogP contribution is -2.23. The maximum atomic E-state index is 12.5. The van der Waals surface area contributed by atoms with Gasteiger partial charge in [0.2, 0.25) is 11.1 Å². The molecular weight excluding hydrogens is 360 g/mol. The molecule has 3 aromatic rings. The van der Waals surface area contributed by atoms with Crippen LogP contribution in [0.3, 0.4) is 0 Å².